The van der Waals surface area contributed by atoms with E-state index in [0.717, 1.165) is 25.7 Å². The van der Waals surface area contributed by atoms with Gasteiger partial charge in [-0.1, -0.05) is 32.1 Å². The minimum atomic E-state index is -0.351. The zero-order valence-corrected chi connectivity index (χ0v) is 8.59. The highest BCUT2D eigenvalue weighted by molar-refractivity contribution is 5.85. The van der Waals surface area contributed by atoms with Crippen molar-refractivity contribution in [2.24, 2.45) is 0 Å². The minimum Gasteiger partial charge on any atom is -0.393 e. The second-order valence-electron chi connectivity index (χ2n) is 3.82. The van der Waals surface area contributed by atoms with Crippen LogP contribution in [0, 0.1) is 0 Å². The first-order valence-corrected chi connectivity index (χ1v) is 5.52. The maximum atomic E-state index is 11.1. The zero-order chi connectivity index (χ0) is 10.2. The van der Waals surface area contributed by atoms with Crippen molar-refractivity contribution in [3.63, 3.8) is 0 Å². The molecule has 0 aromatic rings. The Bertz CT molecular complexity index is 179. The molecule has 14 heavy (non-hydrogen) atoms. The van der Waals surface area contributed by atoms with Gasteiger partial charge in [0.15, 0.2) is 0 Å². The predicted octanol–water partition coefficient (Wildman–Crippen LogP) is 2.58. The average molecular weight is 198 g/mol. The molecule has 3 nitrogen and oxygen atoms in total. The number of cyclic esters (lactones) is 2. The first-order chi connectivity index (χ1) is 6.79. The fourth-order valence-electron chi connectivity index (χ4n) is 1.65. The molecule has 0 atom stereocenters. The smallest absolute Gasteiger partial charge is 0.313 e. The SMILES string of the molecule is O=C1CCCCCCCCCC(=O)O1. The van der Waals surface area contributed by atoms with Crippen molar-refractivity contribution in [3.8, 4) is 0 Å². The quantitative estimate of drug-likeness (QED) is 0.444. The first-order valence-electron chi connectivity index (χ1n) is 5.52. The molecule has 0 aromatic carbocycles. The number of esters is 2. The lowest BCUT2D eigenvalue weighted by molar-refractivity contribution is -0.159. The Balaban J connectivity index is 2.30. The molecule has 0 N–H and O–H groups in total. The Hall–Kier alpha value is -0.860. The molecule has 1 fully saturated rings. The molecule has 1 aliphatic rings. The van der Waals surface area contributed by atoms with E-state index in [-0.39, 0.29) is 11.9 Å². The summed E-state index contributed by atoms with van der Waals surface area (Å²) >= 11 is 0. The molecule has 0 unspecified atom stereocenters. The highest BCUT2D eigenvalue weighted by atomic mass is 16.6. The predicted molar refractivity (Wildman–Crippen MR) is 52.7 cm³/mol. The van der Waals surface area contributed by atoms with E-state index in [1.165, 1.54) is 19.3 Å². The maximum Gasteiger partial charge on any atom is 0.313 e. The van der Waals surface area contributed by atoms with E-state index in [0.29, 0.717) is 12.8 Å². The van der Waals surface area contributed by atoms with Crippen LogP contribution in [-0.4, -0.2) is 11.9 Å². The van der Waals surface area contributed by atoms with E-state index >= 15 is 0 Å². The molecule has 0 bridgehead atoms. The lowest BCUT2D eigenvalue weighted by Gasteiger charge is -2.06. The van der Waals surface area contributed by atoms with Gasteiger partial charge in [0, 0.05) is 12.8 Å². The Kier molecular flexibility index (Phi) is 5.27. The van der Waals surface area contributed by atoms with Gasteiger partial charge >= 0.3 is 11.9 Å². The van der Waals surface area contributed by atoms with Crippen molar-refractivity contribution in [3.05, 3.63) is 0 Å². The van der Waals surface area contributed by atoms with Crippen LogP contribution in [-0.2, 0) is 14.3 Å². The van der Waals surface area contributed by atoms with Crippen LogP contribution in [0.3, 0.4) is 0 Å². The highest BCUT2D eigenvalue weighted by Crippen LogP contribution is 2.12. The Morgan fingerprint density at radius 1 is 0.643 bits per heavy atom. The summed E-state index contributed by atoms with van der Waals surface area (Å²) in [5.74, 6) is -0.703. The average Bonchev–Trinajstić information content (AvgIpc) is 2.13. The summed E-state index contributed by atoms with van der Waals surface area (Å²) in [6.45, 7) is 0. The Morgan fingerprint density at radius 2 is 1.00 bits per heavy atom. The first kappa shape index (κ1) is 11.2. The Labute approximate surface area is 84.8 Å². The lowest BCUT2D eigenvalue weighted by Crippen LogP contribution is -2.12. The van der Waals surface area contributed by atoms with Crippen LogP contribution in [0.1, 0.15) is 57.8 Å². The van der Waals surface area contributed by atoms with Gasteiger partial charge in [-0.2, -0.15) is 0 Å². The van der Waals surface area contributed by atoms with Gasteiger partial charge in [-0.05, 0) is 12.8 Å². The molecule has 1 heterocycles. The van der Waals surface area contributed by atoms with E-state index in [4.69, 9.17) is 0 Å². The molecule has 0 saturated carbocycles. The van der Waals surface area contributed by atoms with E-state index < -0.39 is 0 Å². The molecule has 0 amide bonds. The van der Waals surface area contributed by atoms with E-state index in [9.17, 15) is 9.59 Å². The topological polar surface area (TPSA) is 43.4 Å². The third-order valence-corrected chi connectivity index (χ3v) is 2.49. The van der Waals surface area contributed by atoms with Gasteiger partial charge in [0.2, 0.25) is 0 Å². The van der Waals surface area contributed by atoms with Gasteiger partial charge in [0.25, 0.3) is 0 Å². The van der Waals surface area contributed by atoms with Gasteiger partial charge in [0.05, 0.1) is 0 Å². The van der Waals surface area contributed by atoms with Crippen molar-refractivity contribution in [2.75, 3.05) is 0 Å². The summed E-state index contributed by atoms with van der Waals surface area (Å²) in [6.07, 6.45) is 8.26. The van der Waals surface area contributed by atoms with Crippen molar-refractivity contribution < 1.29 is 14.3 Å². The fourth-order valence-corrected chi connectivity index (χ4v) is 1.65. The number of ether oxygens (including phenoxy) is 1. The number of hydrogen-bond acceptors (Lipinski definition) is 3. The molecular weight excluding hydrogens is 180 g/mol. The normalized spacial score (nSPS) is 22.0. The summed E-state index contributed by atoms with van der Waals surface area (Å²) < 4.78 is 4.65. The molecule has 1 rings (SSSR count). The van der Waals surface area contributed by atoms with Gasteiger partial charge in [-0.3, -0.25) is 9.59 Å². The molecule has 0 aliphatic carbocycles. The second kappa shape index (κ2) is 6.57. The van der Waals surface area contributed by atoms with Crippen LogP contribution in [0.4, 0.5) is 0 Å². The Morgan fingerprint density at radius 3 is 1.43 bits per heavy atom. The fraction of sp³-hybridized carbons (Fsp3) is 0.818. The number of rotatable bonds is 0. The van der Waals surface area contributed by atoms with Crippen LogP contribution in [0.2, 0.25) is 0 Å². The minimum absolute atomic E-state index is 0.351. The third-order valence-electron chi connectivity index (χ3n) is 2.49. The van der Waals surface area contributed by atoms with Crippen LogP contribution >= 0.6 is 0 Å². The molecule has 0 spiro atoms. The van der Waals surface area contributed by atoms with Gasteiger partial charge < -0.3 is 4.74 Å². The summed E-state index contributed by atoms with van der Waals surface area (Å²) in [6, 6.07) is 0. The van der Waals surface area contributed by atoms with E-state index in [1.54, 1.807) is 0 Å². The molecular formula is C11H18O3. The van der Waals surface area contributed by atoms with Crippen LogP contribution < -0.4 is 0 Å². The molecule has 3 heteroatoms. The van der Waals surface area contributed by atoms with E-state index in [2.05, 4.69) is 4.74 Å². The van der Waals surface area contributed by atoms with Gasteiger partial charge in [0.1, 0.15) is 0 Å². The molecule has 0 radical (unpaired) electrons. The zero-order valence-electron chi connectivity index (χ0n) is 8.59. The van der Waals surface area contributed by atoms with Crippen molar-refractivity contribution in [1.29, 1.82) is 0 Å². The summed E-state index contributed by atoms with van der Waals surface area (Å²) in [4.78, 5) is 22.1. The number of carbonyl (C=O) groups is 2. The standard InChI is InChI=1S/C11H18O3/c12-10-8-6-4-2-1-3-5-7-9-11(13)14-10/h1-9H2. The molecule has 1 saturated heterocycles. The lowest BCUT2D eigenvalue weighted by atomic mass is 10.1. The van der Waals surface area contributed by atoms with E-state index in [1.807, 2.05) is 0 Å². The summed E-state index contributed by atoms with van der Waals surface area (Å²) in [5.41, 5.74) is 0. The number of hydrogen-bond donors (Lipinski definition) is 0. The van der Waals surface area contributed by atoms with Crippen LogP contribution in [0.25, 0.3) is 0 Å². The van der Waals surface area contributed by atoms with Crippen molar-refractivity contribution in [2.45, 2.75) is 57.8 Å². The monoisotopic (exact) mass is 198 g/mol. The summed E-state index contributed by atoms with van der Waals surface area (Å²) in [5, 5.41) is 0. The highest BCUT2D eigenvalue weighted by Gasteiger charge is 2.10. The van der Waals surface area contributed by atoms with Gasteiger partial charge in [-0.25, -0.2) is 0 Å². The third kappa shape index (κ3) is 5.00. The largest absolute Gasteiger partial charge is 0.393 e. The van der Waals surface area contributed by atoms with Crippen LogP contribution in [0.15, 0.2) is 0 Å². The second-order valence-corrected chi connectivity index (χ2v) is 3.82. The molecule has 0 aromatic heterocycles. The molecule has 80 valence electrons. The van der Waals surface area contributed by atoms with Crippen molar-refractivity contribution in [1.82, 2.24) is 0 Å². The van der Waals surface area contributed by atoms with Gasteiger partial charge in [-0.15, -0.1) is 0 Å². The maximum absolute atomic E-state index is 11.1. The van der Waals surface area contributed by atoms with Crippen LogP contribution in [0.5, 0.6) is 0 Å². The van der Waals surface area contributed by atoms with Crippen molar-refractivity contribution >= 4 is 11.9 Å². The number of carbonyl (C=O) groups excluding carboxylic acids is 2. The molecule has 1 aliphatic heterocycles. The summed E-state index contributed by atoms with van der Waals surface area (Å²) in [7, 11) is 0.